The number of aryl methyl sites for hydroxylation is 3. The molecule has 0 aromatic carbocycles. The molecule has 1 saturated heterocycles. The van der Waals surface area contributed by atoms with Crippen molar-refractivity contribution in [2.45, 2.75) is 26.3 Å². The zero-order valence-electron chi connectivity index (χ0n) is 12.1. The Morgan fingerprint density at radius 3 is 2.80 bits per heavy atom. The number of hydrogen-bond acceptors (Lipinski definition) is 3. The van der Waals surface area contributed by atoms with Crippen LogP contribution in [0.25, 0.3) is 0 Å². The first-order chi connectivity index (χ1) is 9.58. The molecule has 0 bridgehead atoms. The van der Waals surface area contributed by atoms with Gasteiger partial charge < -0.3 is 9.47 Å². The zero-order chi connectivity index (χ0) is 14.3. The Kier molecular flexibility index (Phi) is 3.08. The van der Waals surface area contributed by atoms with E-state index in [2.05, 4.69) is 21.6 Å². The van der Waals surface area contributed by atoms with Gasteiger partial charge in [0.1, 0.15) is 11.5 Å². The predicted octanol–water partition coefficient (Wildman–Crippen LogP) is 1.32. The molecule has 106 valence electrons. The summed E-state index contributed by atoms with van der Waals surface area (Å²) in [5.74, 6) is 1.07. The summed E-state index contributed by atoms with van der Waals surface area (Å²) in [5, 5.41) is 4.06. The van der Waals surface area contributed by atoms with E-state index in [1.165, 1.54) is 0 Å². The van der Waals surface area contributed by atoms with Gasteiger partial charge in [-0.1, -0.05) is 0 Å². The first-order valence-corrected chi connectivity index (χ1v) is 6.85. The molecule has 0 saturated carbocycles. The number of hydrogen-bond donors (Lipinski definition) is 0. The maximum absolute atomic E-state index is 12.5. The number of imidazole rings is 1. The van der Waals surface area contributed by atoms with E-state index >= 15 is 0 Å². The van der Waals surface area contributed by atoms with E-state index in [9.17, 15) is 4.79 Å². The van der Waals surface area contributed by atoms with Crippen LogP contribution in [0.15, 0.2) is 18.5 Å². The molecule has 0 aliphatic carbocycles. The van der Waals surface area contributed by atoms with Gasteiger partial charge in [0.15, 0.2) is 0 Å². The molecule has 1 aliphatic heterocycles. The Morgan fingerprint density at radius 1 is 1.40 bits per heavy atom. The van der Waals surface area contributed by atoms with Crippen molar-refractivity contribution in [2.24, 2.45) is 7.05 Å². The van der Waals surface area contributed by atoms with E-state index in [1.54, 1.807) is 24.0 Å². The minimum absolute atomic E-state index is 0.0583. The Hall–Kier alpha value is -2.11. The fraction of sp³-hybridized carbons (Fsp3) is 0.500. The van der Waals surface area contributed by atoms with Gasteiger partial charge in [0, 0.05) is 38.2 Å². The summed E-state index contributed by atoms with van der Waals surface area (Å²) in [5.41, 5.74) is 1.80. The van der Waals surface area contributed by atoms with Crippen LogP contribution in [0.1, 0.15) is 34.5 Å². The largest absolute Gasteiger partial charge is 0.335 e. The molecule has 6 nitrogen and oxygen atoms in total. The molecule has 3 heterocycles. The first kappa shape index (κ1) is 12.9. The van der Waals surface area contributed by atoms with Crippen LogP contribution in [0.5, 0.6) is 0 Å². The molecular formula is C14H19N5O. The van der Waals surface area contributed by atoms with Crippen LogP contribution < -0.4 is 0 Å². The van der Waals surface area contributed by atoms with Crippen molar-refractivity contribution >= 4 is 5.91 Å². The maximum atomic E-state index is 12.5. The average molecular weight is 273 g/mol. The number of amides is 1. The normalized spacial score (nSPS) is 18.8. The second-order valence-corrected chi connectivity index (χ2v) is 5.35. The first-order valence-electron chi connectivity index (χ1n) is 6.85. The Labute approximate surface area is 118 Å². The fourth-order valence-electron chi connectivity index (χ4n) is 3.00. The van der Waals surface area contributed by atoms with Crippen LogP contribution in [0.2, 0.25) is 0 Å². The summed E-state index contributed by atoms with van der Waals surface area (Å²) >= 11 is 0. The van der Waals surface area contributed by atoms with Crippen LogP contribution in [0, 0.1) is 13.8 Å². The summed E-state index contributed by atoms with van der Waals surface area (Å²) < 4.78 is 3.86. The third-order valence-corrected chi connectivity index (χ3v) is 4.02. The second-order valence-electron chi connectivity index (χ2n) is 5.35. The van der Waals surface area contributed by atoms with E-state index in [-0.39, 0.29) is 5.91 Å². The number of carbonyl (C=O) groups is 1. The van der Waals surface area contributed by atoms with Crippen LogP contribution >= 0.6 is 0 Å². The Bertz CT molecular complexity index is 622. The number of likely N-dealkylation sites (tertiary alicyclic amines) is 1. The van der Waals surface area contributed by atoms with Crippen LogP contribution in [0.3, 0.4) is 0 Å². The highest BCUT2D eigenvalue weighted by Crippen LogP contribution is 2.25. The number of aromatic nitrogens is 4. The van der Waals surface area contributed by atoms with Crippen molar-refractivity contribution in [3.8, 4) is 0 Å². The van der Waals surface area contributed by atoms with E-state index < -0.39 is 0 Å². The second kappa shape index (κ2) is 4.77. The van der Waals surface area contributed by atoms with Gasteiger partial charge in [-0.2, -0.15) is 5.10 Å². The molecular weight excluding hydrogens is 254 g/mol. The van der Waals surface area contributed by atoms with Crippen LogP contribution in [-0.2, 0) is 7.05 Å². The molecule has 0 radical (unpaired) electrons. The average Bonchev–Trinajstić information content (AvgIpc) is 3.10. The quantitative estimate of drug-likeness (QED) is 0.829. The summed E-state index contributed by atoms with van der Waals surface area (Å²) in [7, 11) is 1.80. The lowest BCUT2D eigenvalue weighted by molar-refractivity contribution is 0.0776. The van der Waals surface area contributed by atoms with Crippen LogP contribution in [-0.4, -0.2) is 43.2 Å². The molecule has 0 spiro atoms. The smallest absolute Gasteiger partial charge is 0.272 e. The monoisotopic (exact) mass is 273 g/mol. The molecule has 1 atom stereocenters. The van der Waals surface area contributed by atoms with Gasteiger partial charge in [-0.05, 0) is 26.3 Å². The molecule has 1 fully saturated rings. The predicted molar refractivity (Wildman–Crippen MR) is 74.5 cm³/mol. The minimum atomic E-state index is 0.0583. The van der Waals surface area contributed by atoms with Crippen molar-refractivity contribution in [3.63, 3.8) is 0 Å². The van der Waals surface area contributed by atoms with E-state index in [0.717, 1.165) is 31.0 Å². The summed E-state index contributed by atoms with van der Waals surface area (Å²) in [6, 6.07) is 2.10. The number of rotatable bonds is 2. The lowest BCUT2D eigenvalue weighted by Crippen LogP contribution is -2.30. The highest BCUT2D eigenvalue weighted by Gasteiger charge is 2.30. The molecule has 20 heavy (non-hydrogen) atoms. The van der Waals surface area contributed by atoms with Crippen molar-refractivity contribution in [1.82, 2.24) is 24.2 Å². The molecule has 2 aromatic heterocycles. The molecule has 6 heteroatoms. The Morgan fingerprint density at radius 2 is 2.20 bits per heavy atom. The van der Waals surface area contributed by atoms with Crippen molar-refractivity contribution in [3.05, 3.63) is 35.7 Å². The molecule has 1 amide bonds. The topological polar surface area (TPSA) is 56.0 Å². The van der Waals surface area contributed by atoms with E-state index in [0.29, 0.717) is 11.7 Å². The van der Waals surface area contributed by atoms with Crippen molar-refractivity contribution < 1.29 is 4.79 Å². The highest BCUT2D eigenvalue weighted by atomic mass is 16.2. The summed E-state index contributed by atoms with van der Waals surface area (Å²) in [4.78, 5) is 18.7. The van der Waals surface area contributed by atoms with E-state index in [1.807, 2.05) is 18.0 Å². The minimum Gasteiger partial charge on any atom is -0.335 e. The summed E-state index contributed by atoms with van der Waals surface area (Å²) in [6.07, 6.45) is 4.52. The van der Waals surface area contributed by atoms with Gasteiger partial charge in [0.05, 0.1) is 6.04 Å². The fourth-order valence-corrected chi connectivity index (χ4v) is 3.00. The zero-order valence-corrected chi connectivity index (χ0v) is 12.1. The number of nitrogens with zero attached hydrogens (tertiary/aromatic N) is 5. The van der Waals surface area contributed by atoms with Gasteiger partial charge >= 0.3 is 0 Å². The molecule has 1 unspecified atom stereocenters. The molecule has 2 aromatic rings. The SMILES string of the molecule is Cc1cnc(C)n1C1CCN(C(=O)c2ccnn2C)C1. The van der Waals surface area contributed by atoms with Gasteiger partial charge in [0.2, 0.25) is 0 Å². The Balaban J connectivity index is 1.78. The van der Waals surface area contributed by atoms with Gasteiger partial charge in [0.25, 0.3) is 5.91 Å². The summed E-state index contributed by atoms with van der Waals surface area (Å²) in [6.45, 7) is 5.60. The maximum Gasteiger partial charge on any atom is 0.272 e. The van der Waals surface area contributed by atoms with Gasteiger partial charge in [-0.15, -0.1) is 0 Å². The van der Waals surface area contributed by atoms with Gasteiger partial charge in [-0.25, -0.2) is 4.98 Å². The molecule has 0 N–H and O–H groups in total. The lowest BCUT2D eigenvalue weighted by atomic mass is 10.2. The standard InChI is InChI=1S/C14H19N5O/c1-10-8-15-11(2)19(10)12-5-7-18(9-12)14(20)13-4-6-16-17(13)3/h4,6,8,12H,5,7,9H2,1-3H3. The third kappa shape index (κ3) is 2.01. The van der Waals surface area contributed by atoms with Gasteiger partial charge in [-0.3, -0.25) is 9.48 Å². The lowest BCUT2D eigenvalue weighted by Gasteiger charge is -2.18. The molecule has 3 rings (SSSR count). The molecule has 1 aliphatic rings. The third-order valence-electron chi connectivity index (χ3n) is 4.02. The highest BCUT2D eigenvalue weighted by molar-refractivity contribution is 5.92. The van der Waals surface area contributed by atoms with Crippen LogP contribution in [0.4, 0.5) is 0 Å². The van der Waals surface area contributed by atoms with Crippen molar-refractivity contribution in [1.29, 1.82) is 0 Å². The van der Waals surface area contributed by atoms with Crippen molar-refractivity contribution in [2.75, 3.05) is 13.1 Å². The number of carbonyl (C=O) groups excluding carboxylic acids is 1. The van der Waals surface area contributed by atoms with E-state index in [4.69, 9.17) is 0 Å².